The summed E-state index contributed by atoms with van der Waals surface area (Å²) in [5.74, 6) is 0. The summed E-state index contributed by atoms with van der Waals surface area (Å²) in [6, 6.07) is 8.07. The number of carbonyl (C=O) groups is 2. The number of nitrogens with zero attached hydrogens (tertiary/aromatic N) is 1. The molecule has 1 N–H and O–H groups in total. The highest BCUT2D eigenvalue weighted by molar-refractivity contribution is 5.73. The molecule has 2 rings (SSSR count). The van der Waals surface area contributed by atoms with Gasteiger partial charge in [-0.2, -0.15) is 0 Å². The highest BCUT2D eigenvalue weighted by atomic mass is 16.6. The fraction of sp³-hybridized carbons (Fsp3) is 0.619. The Bertz CT molecular complexity index is 695. The summed E-state index contributed by atoms with van der Waals surface area (Å²) in [5, 5.41) is 2.99. The van der Waals surface area contributed by atoms with Gasteiger partial charge in [0.05, 0.1) is 13.1 Å². The first kappa shape index (κ1) is 21.1. The van der Waals surface area contributed by atoms with Crippen LogP contribution in [0.4, 0.5) is 9.59 Å². The normalized spacial score (nSPS) is 16.3. The largest absolute Gasteiger partial charge is 0.444 e. The number of hydrogen-bond donors (Lipinski definition) is 1. The second-order valence-electron chi connectivity index (χ2n) is 9.10. The topological polar surface area (TPSA) is 67.9 Å². The van der Waals surface area contributed by atoms with E-state index in [9.17, 15) is 9.59 Å². The van der Waals surface area contributed by atoms with Crippen LogP contribution in [0.15, 0.2) is 24.3 Å². The van der Waals surface area contributed by atoms with Crippen molar-refractivity contribution >= 4 is 12.2 Å². The smallest absolute Gasteiger partial charge is 0.410 e. The van der Waals surface area contributed by atoms with E-state index >= 15 is 0 Å². The van der Waals surface area contributed by atoms with Crippen LogP contribution in [0.1, 0.15) is 59.6 Å². The standard InChI is InChI=1S/C21H32N2O4/c1-8-15-10-9-11-16(12-15)21(22-17(24)26-19(2,3)4)13-23(14-21)18(25)27-20(5,6)7/h9-12H,8,13-14H2,1-7H3,(H,22,24). The van der Waals surface area contributed by atoms with Gasteiger partial charge in [-0.3, -0.25) is 0 Å². The molecule has 0 atom stereocenters. The third-order valence-electron chi connectivity index (χ3n) is 4.20. The monoisotopic (exact) mass is 376 g/mol. The number of rotatable bonds is 3. The maximum Gasteiger partial charge on any atom is 0.410 e. The molecule has 1 aromatic rings. The van der Waals surface area contributed by atoms with Crippen molar-refractivity contribution < 1.29 is 19.1 Å². The average Bonchev–Trinajstić information content (AvgIpc) is 2.46. The molecule has 150 valence electrons. The molecule has 6 nitrogen and oxygen atoms in total. The van der Waals surface area contributed by atoms with Crippen molar-refractivity contribution in [3.05, 3.63) is 35.4 Å². The molecule has 1 fully saturated rings. The lowest BCUT2D eigenvalue weighted by Gasteiger charge is -2.50. The summed E-state index contributed by atoms with van der Waals surface area (Å²) < 4.78 is 10.9. The second-order valence-corrected chi connectivity index (χ2v) is 9.10. The van der Waals surface area contributed by atoms with E-state index in [1.165, 1.54) is 5.56 Å². The molecule has 0 spiro atoms. The fourth-order valence-corrected chi connectivity index (χ4v) is 2.98. The molecule has 27 heavy (non-hydrogen) atoms. The number of amides is 2. The van der Waals surface area contributed by atoms with Crippen LogP contribution in [0.5, 0.6) is 0 Å². The van der Waals surface area contributed by atoms with Crippen LogP contribution in [0.3, 0.4) is 0 Å². The molecule has 1 aromatic carbocycles. The highest BCUT2D eigenvalue weighted by Gasteiger charge is 2.49. The lowest BCUT2D eigenvalue weighted by atomic mass is 9.81. The van der Waals surface area contributed by atoms with Crippen molar-refractivity contribution in [2.24, 2.45) is 0 Å². The molecular formula is C21H32N2O4. The number of carbonyl (C=O) groups excluding carboxylic acids is 2. The first-order valence-corrected chi connectivity index (χ1v) is 9.42. The van der Waals surface area contributed by atoms with Crippen LogP contribution in [0.25, 0.3) is 0 Å². The number of likely N-dealkylation sites (tertiary alicyclic amines) is 1. The van der Waals surface area contributed by atoms with E-state index in [2.05, 4.69) is 24.4 Å². The SMILES string of the molecule is CCc1cccc(C2(NC(=O)OC(C)(C)C)CN(C(=O)OC(C)(C)C)C2)c1. The van der Waals surface area contributed by atoms with Crippen LogP contribution >= 0.6 is 0 Å². The van der Waals surface area contributed by atoms with Crippen molar-refractivity contribution in [1.29, 1.82) is 0 Å². The quantitative estimate of drug-likeness (QED) is 0.858. The number of alkyl carbamates (subject to hydrolysis) is 1. The van der Waals surface area contributed by atoms with Crippen LogP contribution in [-0.4, -0.2) is 41.4 Å². The summed E-state index contributed by atoms with van der Waals surface area (Å²) in [6.45, 7) is 13.7. The minimum atomic E-state index is -0.676. The first-order chi connectivity index (χ1) is 12.3. The molecule has 0 saturated carbocycles. The summed E-state index contributed by atoms with van der Waals surface area (Å²) in [5.41, 5.74) is 0.312. The van der Waals surface area contributed by atoms with E-state index in [4.69, 9.17) is 9.47 Å². The van der Waals surface area contributed by atoms with E-state index in [-0.39, 0.29) is 6.09 Å². The number of benzene rings is 1. The van der Waals surface area contributed by atoms with Gasteiger partial charge in [0.2, 0.25) is 0 Å². The van der Waals surface area contributed by atoms with Gasteiger partial charge in [0.15, 0.2) is 0 Å². The van der Waals surface area contributed by atoms with Gasteiger partial charge < -0.3 is 19.7 Å². The fourth-order valence-electron chi connectivity index (χ4n) is 2.98. The Labute approximate surface area is 162 Å². The minimum Gasteiger partial charge on any atom is -0.444 e. The maximum absolute atomic E-state index is 12.4. The summed E-state index contributed by atoms with van der Waals surface area (Å²) in [6.07, 6.45) is 0.0237. The summed E-state index contributed by atoms with van der Waals surface area (Å²) in [7, 11) is 0. The Morgan fingerprint density at radius 1 is 1.07 bits per heavy atom. The Morgan fingerprint density at radius 2 is 1.67 bits per heavy atom. The lowest BCUT2D eigenvalue weighted by Crippen LogP contribution is -2.69. The predicted molar refractivity (Wildman–Crippen MR) is 105 cm³/mol. The molecule has 0 radical (unpaired) electrons. The van der Waals surface area contributed by atoms with Crippen molar-refractivity contribution in [1.82, 2.24) is 10.2 Å². The van der Waals surface area contributed by atoms with Crippen molar-refractivity contribution in [3.63, 3.8) is 0 Å². The van der Waals surface area contributed by atoms with Crippen molar-refractivity contribution in [2.75, 3.05) is 13.1 Å². The van der Waals surface area contributed by atoms with Gasteiger partial charge in [-0.15, -0.1) is 0 Å². The van der Waals surface area contributed by atoms with Crippen LogP contribution in [-0.2, 0) is 21.4 Å². The number of nitrogens with one attached hydrogen (secondary N) is 1. The zero-order valence-electron chi connectivity index (χ0n) is 17.5. The zero-order valence-corrected chi connectivity index (χ0v) is 17.5. The number of aryl methyl sites for hydroxylation is 1. The molecule has 0 aliphatic carbocycles. The van der Waals surface area contributed by atoms with Gasteiger partial charge in [-0.25, -0.2) is 9.59 Å². The van der Waals surface area contributed by atoms with Gasteiger partial charge in [-0.05, 0) is 59.1 Å². The van der Waals surface area contributed by atoms with E-state index in [1.54, 1.807) is 4.90 Å². The Balaban J connectivity index is 2.21. The van der Waals surface area contributed by atoms with Gasteiger partial charge in [-0.1, -0.05) is 31.2 Å². The Hall–Kier alpha value is -2.24. The van der Waals surface area contributed by atoms with E-state index in [0.717, 1.165) is 12.0 Å². The van der Waals surface area contributed by atoms with Crippen LogP contribution in [0, 0.1) is 0 Å². The predicted octanol–water partition coefficient (Wildman–Crippen LogP) is 4.22. The number of hydrogen-bond acceptors (Lipinski definition) is 4. The molecule has 1 saturated heterocycles. The van der Waals surface area contributed by atoms with Gasteiger partial charge in [0, 0.05) is 0 Å². The molecule has 0 aromatic heterocycles. The molecule has 1 heterocycles. The van der Waals surface area contributed by atoms with Crippen LogP contribution in [0.2, 0.25) is 0 Å². The van der Waals surface area contributed by atoms with E-state index in [0.29, 0.717) is 13.1 Å². The van der Waals surface area contributed by atoms with Gasteiger partial charge >= 0.3 is 12.2 Å². The van der Waals surface area contributed by atoms with Crippen LogP contribution < -0.4 is 5.32 Å². The highest BCUT2D eigenvalue weighted by Crippen LogP contribution is 2.34. The average molecular weight is 376 g/mol. The summed E-state index contributed by atoms with van der Waals surface area (Å²) >= 11 is 0. The van der Waals surface area contributed by atoms with Gasteiger partial charge in [0.1, 0.15) is 16.7 Å². The van der Waals surface area contributed by atoms with Gasteiger partial charge in [0.25, 0.3) is 0 Å². The summed E-state index contributed by atoms with van der Waals surface area (Å²) in [4.78, 5) is 26.4. The third-order valence-corrected chi connectivity index (χ3v) is 4.20. The first-order valence-electron chi connectivity index (χ1n) is 9.42. The van der Waals surface area contributed by atoms with E-state index < -0.39 is 22.8 Å². The van der Waals surface area contributed by atoms with Crippen molar-refractivity contribution in [2.45, 2.75) is 71.6 Å². The molecule has 2 amide bonds. The Morgan fingerprint density at radius 3 is 2.19 bits per heavy atom. The molecule has 0 unspecified atom stereocenters. The molecule has 6 heteroatoms. The minimum absolute atomic E-state index is 0.342. The third kappa shape index (κ3) is 5.62. The molecule has 1 aliphatic heterocycles. The lowest BCUT2D eigenvalue weighted by molar-refractivity contribution is -0.0230. The molecular weight excluding hydrogens is 344 g/mol. The molecule has 1 aliphatic rings. The number of ether oxygens (including phenoxy) is 2. The van der Waals surface area contributed by atoms with E-state index in [1.807, 2.05) is 53.7 Å². The van der Waals surface area contributed by atoms with Crippen molar-refractivity contribution in [3.8, 4) is 0 Å². The second kappa shape index (κ2) is 7.41. The maximum atomic E-state index is 12.4. The molecule has 0 bridgehead atoms. The Kier molecular flexibility index (Phi) is 5.78. The zero-order chi connectivity index (χ0) is 20.5.